The monoisotopic (exact) mass is 572 g/mol. The Labute approximate surface area is 243 Å². The zero-order valence-electron chi connectivity index (χ0n) is 23.6. The lowest BCUT2D eigenvalue weighted by molar-refractivity contribution is -0.118. The molecule has 11 heteroatoms. The Kier molecular flexibility index (Phi) is 8.49. The predicted octanol–water partition coefficient (Wildman–Crippen LogP) is 5.09. The quantitative estimate of drug-likeness (QED) is 0.225. The highest BCUT2D eigenvalue weighted by Gasteiger charge is 2.18. The van der Waals surface area contributed by atoms with Crippen molar-refractivity contribution in [1.29, 1.82) is 0 Å². The Morgan fingerprint density at radius 1 is 1.10 bits per heavy atom. The van der Waals surface area contributed by atoms with E-state index in [9.17, 15) is 4.79 Å². The second-order valence-corrected chi connectivity index (χ2v) is 10.5. The van der Waals surface area contributed by atoms with Crippen molar-refractivity contribution in [2.45, 2.75) is 33.7 Å². The van der Waals surface area contributed by atoms with Crippen molar-refractivity contribution in [3.05, 3.63) is 82.5 Å². The Morgan fingerprint density at radius 3 is 2.66 bits per heavy atom. The fourth-order valence-corrected chi connectivity index (χ4v) is 5.03. The van der Waals surface area contributed by atoms with Crippen LogP contribution in [0.25, 0.3) is 22.0 Å². The number of aryl methyl sites for hydroxylation is 3. The summed E-state index contributed by atoms with van der Waals surface area (Å²) in [6.07, 6.45) is 4.62. The van der Waals surface area contributed by atoms with Crippen LogP contribution in [0.2, 0.25) is 5.02 Å². The number of hydrogen-bond donors (Lipinski definition) is 2. The molecule has 1 amide bonds. The second kappa shape index (κ2) is 12.4. The van der Waals surface area contributed by atoms with Crippen LogP contribution >= 0.6 is 11.6 Å². The van der Waals surface area contributed by atoms with Gasteiger partial charge in [0.15, 0.2) is 0 Å². The molecule has 0 saturated heterocycles. The predicted molar refractivity (Wildman–Crippen MR) is 161 cm³/mol. The van der Waals surface area contributed by atoms with Crippen LogP contribution in [0.3, 0.4) is 0 Å². The molecule has 3 aromatic heterocycles. The topological polar surface area (TPSA) is 114 Å². The number of fused-ring (bicyclic) bond motifs is 1. The lowest BCUT2D eigenvalue weighted by Crippen LogP contribution is -2.36. The summed E-state index contributed by atoms with van der Waals surface area (Å²) in [4.78, 5) is 23.7. The van der Waals surface area contributed by atoms with Crippen LogP contribution in [-0.4, -0.2) is 50.4 Å². The van der Waals surface area contributed by atoms with Gasteiger partial charge in [-0.1, -0.05) is 35.0 Å². The molecule has 212 valence electrons. The lowest BCUT2D eigenvalue weighted by atomic mass is 10.0. The number of aromatic nitrogens is 5. The van der Waals surface area contributed by atoms with E-state index >= 15 is 0 Å². The van der Waals surface area contributed by atoms with Crippen molar-refractivity contribution in [3.8, 4) is 11.1 Å². The van der Waals surface area contributed by atoms with Gasteiger partial charge in [0.05, 0.1) is 17.4 Å². The largest absolute Gasteiger partial charge is 0.365 e. The first kappa shape index (κ1) is 28.1. The molecule has 0 fully saturated rings. The van der Waals surface area contributed by atoms with Crippen molar-refractivity contribution >= 4 is 40.2 Å². The first-order valence-corrected chi connectivity index (χ1v) is 13.8. The fourth-order valence-electron chi connectivity index (χ4n) is 4.82. The van der Waals surface area contributed by atoms with Gasteiger partial charge in [0.1, 0.15) is 11.6 Å². The molecule has 0 spiro atoms. The summed E-state index contributed by atoms with van der Waals surface area (Å²) >= 11 is 6.24. The number of halogens is 1. The van der Waals surface area contributed by atoms with Gasteiger partial charge in [-0.15, -0.1) is 0 Å². The average molecular weight is 573 g/mol. The lowest BCUT2D eigenvalue weighted by Gasteiger charge is -2.24. The van der Waals surface area contributed by atoms with Crippen molar-refractivity contribution in [2.24, 2.45) is 7.05 Å². The van der Waals surface area contributed by atoms with Gasteiger partial charge in [0, 0.05) is 62.3 Å². The molecule has 0 saturated carbocycles. The van der Waals surface area contributed by atoms with E-state index in [1.165, 1.54) is 6.92 Å². The van der Waals surface area contributed by atoms with E-state index in [2.05, 4.69) is 31.9 Å². The van der Waals surface area contributed by atoms with Gasteiger partial charge in [-0.05, 0) is 61.2 Å². The van der Waals surface area contributed by atoms with Crippen LogP contribution < -0.4 is 15.5 Å². The van der Waals surface area contributed by atoms with Gasteiger partial charge in [0.2, 0.25) is 11.9 Å². The molecule has 0 radical (unpaired) electrons. The number of nitrogens with one attached hydrogen (secondary N) is 2. The van der Waals surface area contributed by atoms with E-state index in [0.717, 1.165) is 51.0 Å². The minimum absolute atomic E-state index is 0.0765. The third-order valence-corrected chi connectivity index (χ3v) is 7.06. The highest BCUT2D eigenvalue weighted by molar-refractivity contribution is 6.30. The van der Waals surface area contributed by atoms with E-state index < -0.39 is 0 Å². The van der Waals surface area contributed by atoms with E-state index in [1.807, 2.05) is 69.7 Å². The van der Waals surface area contributed by atoms with Crippen molar-refractivity contribution in [1.82, 2.24) is 30.2 Å². The van der Waals surface area contributed by atoms with Crippen LogP contribution in [0.15, 0.2) is 59.4 Å². The summed E-state index contributed by atoms with van der Waals surface area (Å²) in [6.45, 7) is 7.57. The van der Waals surface area contributed by atoms with Crippen molar-refractivity contribution in [3.63, 3.8) is 0 Å². The Morgan fingerprint density at radius 2 is 1.95 bits per heavy atom. The fraction of sp³-hybridized carbons (Fsp3) is 0.300. The highest BCUT2D eigenvalue weighted by Crippen LogP contribution is 2.32. The van der Waals surface area contributed by atoms with Crippen LogP contribution in [0, 0.1) is 13.8 Å². The molecule has 0 aliphatic heterocycles. The molecule has 0 atom stereocenters. The van der Waals surface area contributed by atoms with E-state index in [0.29, 0.717) is 43.0 Å². The molecule has 0 aliphatic carbocycles. The smallest absolute Gasteiger partial charge is 0.227 e. The van der Waals surface area contributed by atoms with E-state index in [4.69, 9.17) is 26.1 Å². The molecule has 0 unspecified atom stereocenters. The van der Waals surface area contributed by atoms with E-state index in [1.54, 1.807) is 4.68 Å². The van der Waals surface area contributed by atoms with Gasteiger partial charge in [-0.2, -0.15) is 10.1 Å². The summed E-state index contributed by atoms with van der Waals surface area (Å²) in [7, 11) is 1.90. The summed E-state index contributed by atoms with van der Waals surface area (Å²) in [5.41, 5.74) is 5.71. The molecule has 3 heterocycles. The number of carbonyl (C=O) groups is 1. The molecule has 41 heavy (non-hydrogen) atoms. The third-order valence-electron chi connectivity index (χ3n) is 6.82. The van der Waals surface area contributed by atoms with Gasteiger partial charge in [-0.3, -0.25) is 9.48 Å². The summed E-state index contributed by atoms with van der Waals surface area (Å²) in [5, 5.41) is 16.4. The zero-order valence-corrected chi connectivity index (χ0v) is 24.4. The number of anilines is 2. The molecule has 0 aliphatic rings. The van der Waals surface area contributed by atoms with Gasteiger partial charge < -0.3 is 20.1 Å². The number of benzene rings is 2. The molecule has 5 aromatic rings. The van der Waals surface area contributed by atoms with Crippen LogP contribution in [-0.2, 0) is 24.8 Å². The maximum Gasteiger partial charge on any atom is 0.227 e. The van der Waals surface area contributed by atoms with Gasteiger partial charge >= 0.3 is 0 Å². The van der Waals surface area contributed by atoms with Crippen LogP contribution in [0.5, 0.6) is 0 Å². The maximum atomic E-state index is 11.6. The molecular weight excluding hydrogens is 540 g/mol. The molecular formula is C30H33ClN8O2. The Bertz CT molecular complexity index is 1660. The average Bonchev–Trinajstić information content (AvgIpc) is 3.52. The minimum atomic E-state index is -0.0765. The Hall–Kier alpha value is -4.44. The van der Waals surface area contributed by atoms with Gasteiger partial charge in [-0.25, -0.2) is 4.98 Å². The van der Waals surface area contributed by atoms with Crippen molar-refractivity contribution in [2.75, 3.05) is 29.9 Å². The number of rotatable bonds is 11. The van der Waals surface area contributed by atoms with Crippen LogP contribution in [0.4, 0.5) is 11.8 Å². The van der Waals surface area contributed by atoms with Crippen molar-refractivity contribution < 1.29 is 9.32 Å². The third kappa shape index (κ3) is 6.83. The summed E-state index contributed by atoms with van der Waals surface area (Å²) < 4.78 is 7.22. The highest BCUT2D eigenvalue weighted by atomic mass is 35.5. The zero-order chi connectivity index (χ0) is 28.9. The Balaban J connectivity index is 1.53. The number of hydrogen-bond acceptors (Lipinski definition) is 8. The SMILES string of the molecule is CC(=O)NCCN(CCc1cnn(C)c1)c1nc(NCc2cccc(Cl)c2)c2cc(-c3c(C)noc3C)ccc2n1. The maximum absolute atomic E-state index is 11.6. The normalized spacial score (nSPS) is 11.1. The second-order valence-electron chi connectivity index (χ2n) is 10.0. The molecule has 0 bridgehead atoms. The first-order valence-electron chi connectivity index (χ1n) is 13.5. The number of nitrogens with zero attached hydrogens (tertiary/aromatic N) is 6. The number of carbonyl (C=O) groups excluding carboxylic acids is 1. The first-order chi connectivity index (χ1) is 19.8. The molecule has 5 rings (SSSR count). The standard InChI is InChI=1S/C30H33ClN8O2/c1-19-28(20(2)41-37-19)24-8-9-27-26(15-24)29(33-16-22-6-5-7-25(31)14-22)36-30(35-27)39(13-11-32-21(3)40)12-10-23-17-34-38(4)18-23/h5-9,14-15,17-18H,10-13,16H2,1-4H3,(H,32,40)(H,33,35,36). The molecule has 2 aromatic carbocycles. The van der Waals surface area contributed by atoms with Gasteiger partial charge in [0.25, 0.3) is 0 Å². The van der Waals surface area contributed by atoms with E-state index in [-0.39, 0.29) is 5.91 Å². The molecule has 10 nitrogen and oxygen atoms in total. The summed E-state index contributed by atoms with van der Waals surface area (Å²) in [5.74, 6) is 1.95. The summed E-state index contributed by atoms with van der Waals surface area (Å²) in [6, 6.07) is 13.8. The van der Waals surface area contributed by atoms with Crippen LogP contribution in [0.1, 0.15) is 29.5 Å². The molecule has 2 N–H and O–H groups in total. The minimum Gasteiger partial charge on any atom is -0.365 e. The number of amides is 1.